The monoisotopic (exact) mass is 349 g/mol. The largest absolute Gasteiger partial charge is 0.343 e. The van der Waals surface area contributed by atoms with Crippen molar-refractivity contribution < 1.29 is 9.32 Å². The number of aromatic amines is 1. The van der Waals surface area contributed by atoms with Crippen LogP contribution in [0.25, 0.3) is 22.4 Å². The highest BCUT2D eigenvalue weighted by Crippen LogP contribution is 2.20. The van der Waals surface area contributed by atoms with Gasteiger partial charge in [-0.05, 0) is 30.3 Å². The van der Waals surface area contributed by atoms with Crippen molar-refractivity contribution in [3.63, 3.8) is 0 Å². The Morgan fingerprint density at radius 3 is 2.85 bits per heavy atom. The van der Waals surface area contributed by atoms with Gasteiger partial charge in [-0.1, -0.05) is 23.4 Å². The molecule has 0 saturated heterocycles. The molecule has 130 valence electrons. The molecule has 0 radical (unpaired) electrons. The number of benzene rings is 2. The molecule has 0 aliphatic carbocycles. The van der Waals surface area contributed by atoms with E-state index in [1.165, 1.54) is 4.57 Å². The maximum Gasteiger partial charge on any atom is 0.326 e. The number of nitrogens with one attached hydrogen (secondary N) is 2. The highest BCUT2D eigenvalue weighted by molar-refractivity contribution is 5.94. The van der Waals surface area contributed by atoms with Gasteiger partial charge in [0.15, 0.2) is 0 Å². The van der Waals surface area contributed by atoms with E-state index >= 15 is 0 Å². The van der Waals surface area contributed by atoms with E-state index in [1.807, 2.05) is 18.2 Å². The van der Waals surface area contributed by atoms with Gasteiger partial charge in [-0.2, -0.15) is 4.98 Å². The summed E-state index contributed by atoms with van der Waals surface area (Å²) in [5, 5.41) is 6.67. The molecule has 0 unspecified atom stereocenters. The van der Waals surface area contributed by atoms with Gasteiger partial charge >= 0.3 is 5.69 Å². The van der Waals surface area contributed by atoms with E-state index in [0.717, 1.165) is 5.52 Å². The Morgan fingerprint density at radius 1 is 1.23 bits per heavy atom. The Labute approximate surface area is 147 Å². The first kappa shape index (κ1) is 15.8. The molecule has 8 heteroatoms. The minimum Gasteiger partial charge on any atom is -0.343 e. The standard InChI is InChI=1S/C18H15N5O3/c1-23-14-8-7-12(9-13(14)20-18(23)25)16-21-15(26-22-16)10-19-17(24)11-5-3-2-4-6-11/h2-9H,10H2,1H3,(H,19,24)(H,20,25). The van der Waals surface area contributed by atoms with E-state index in [1.54, 1.807) is 37.4 Å². The van der Waals surface area contributed by atoms with Crippen LogP contribution in [-0.4, -0.2) is 25.6 Å². The zero-order valence-corrected chi connectivity index (χ0v) is 13.9. The van der Waals surface area contributed by atoms with Gasteiger partial charge < -0.3 is 14.8 Å². The Hall–Kier alpha value is -3.68. The van der Waals surface area contributed by atoms with Crippen LogP contribution in [0.3, 0.4) is 0 Å². The molecule has 2 aromatic carbocycles. The fourth-order valence-corrected chi connectivity index (χ4v) is 2.67. The summed E-state index contributed by atoms with van der Waals surface area (Å²) < 4.78 is 6.72. The van der Waals surface area contributed by atoms with Crippen molar-refractivity contribution in [2.45, 2.75) is 6.54 Å². The smallest absolute Gasteiger partial charge is 0.326 e. The molecule has 8 nitrogen and oxygen atoms in total. The number of hydrogen-bond donors (Lipinski definition) is 2. The van der Waals surface area contributed by atoms with Crippen LogP contribution in [0.4, 0.5) is 0 Å². The minimum absolute atomic E-state index is 0.130. The lowest BCUT2D eigenvalue weighted by atomic mass is 10.2. The zero-order valence-electron chi connectivity index (χ0n) is 13.9. The van der Waals surface area contributed by atoms with E-state index in [9.17, 15) is 9.59 Å². The van der Waals surface area contributed by atoms with Crippen LogP contribution in [0.1, 0.15) is 16.2 Å². The number of amides is 1. The van der Waals surface area contributed by atoms with E-state index in [4.69, 9.17) is 4.52 Å². The zero-order chi connectivity index (χ0) is 18.1. The fourth-order valence-electron chi connectivity index (χ4n) is 2.67. The lowest BCUT2D eigenvalue weighted by molar-refractivity contribution is 0.0946. The topological polar surface area (TPSA) is 106 Å². The number of nitrogens with zero attached hydrogens (tertiary/aromatic N) is 3. The number of carbonyl (C=O) groups excluding carboxylic acids is 1. The third-order valence-electron chi connectivity index (χ3n) is 4.07. The van der Waals surface area contributed by atoms with Crippen molar-refractivity contribution in [3.05, 3.63) is 70.5 Å². The maximum atomic E-state index is 12.0. The molecule has 0 aliphatic rings. The lowest BCUT2D eigenvalue weighted by Gasteiger charge is -2.01. The molecular weight excluding hydrogens is 334 g/mol. The Morgan fingerprint density at radius 2 is 2.04 bits per heavy atom. The predicted octanol–water partition coefficient (Wildman–Crippen LogP) is 1.85. The molecule has 2 heterocycles. The van der Waals surface area contributed by atoms with Gasteiger partial charge in [0.25, 0.3) is 5.91 Å². The van der Waals surface area contributed by atoms with Gasteiger partial charge in [0, 0.05) is 18.2 Å². The third kappa shape index (κ3) is 2.88. The number of aryl methyl sites for hydroxylation is 1. The summed E-state index contributed by atoms with van der Waals surface area (Å²) in [5.41, 5.74) is 2.57. The van der Waals surface area contributed by atoms with Crippen LogP contribution in [0.2, 0.25) is 0 Å². The molecular formula is C18H15N5O3. The SMILES string of the molecule is Cn1c(=O)[nH]c2cc(-c3noc(CNC(=O)c4ccccc4)n3)ccc21. The fraction of sp³-hybridized carbons (Fsp3) is 0.111. The molecule has 0 atom stereocenters. The minimum atomic E-state index is -0.214. The summed E-state index contributed by atoms with van der Waals surface area (Å²) in [5.74, 6) is 0.472. The molecule has 0 fully saturated rings. The number of hydrogen-bond acceptors (Lipinski definition) is 5. The molecule has 4 rings (SSSR count). The second-order valence-electron chi connectivity index (χ2n) is 5.78. The van der Waals surface area contributed by atoms with Gasteiger partial charge in [-0.25, -0.2) is 4.79 Å². The van der Waals surface area contributed by atoms with Gasteiger partial charge in [0.2, 0.25) is 11.7 Å². The van der Waals surface area contributed by atoms with E-state index in [2.05, 4.69) is 20.4 Å². The molecule has 0 bridgehead atoms. The Bertz CT molecular complexity index is 1140. The van der Waals surface area contributed by atoms with Crippen molar-refractivity contribution in [2.24, 2.45) is 7.05 Å². The maximum absolute atomic E-state index is 12.0. The first-order chi connectivity index (χ1) is 12.6. The third-order valence-corrected chi connectivity index (χ3v) is 4.07. The van der Waals surface area contributed by atoms with Crippen LogP contribution in [0, 0.1) is 0 Å². The van der Waals surface area contributed by atoms with Crippen LogP contribution < -0.4 is 11.0 Å². The van der Waals surface area contributed by atoms with Gasteiger partial charge in [0.1, 0.15) is 0 Å². The van der Waals surface area contributed by atoms with E-state index < -0.39 is 0 Å². The Balaban J connectivity index is 1.51. The summed E-state index contributed by atoms with van der Waals surface area (Å²) >= 11 is 0. The first-order valence-corrected chi connectivity index (χ1v) is 7.97. The number of carbonyl (C=O) groups is 1. The normalized spacial score (nSPS) is 11.0. The van der Waals surface area contributed by atoms with Crippen molar-refractivity contribution >= 4 is 16.9 Å². The lowest BCUT2D eigenvalue weighted by Crippen LogP contribution is -2.22. The van der Waals surface area contributed by atoms with Crippen LogP contribution in [-0.2, 0) is 13.6 Å². The van der Waals surface area contributed by atoms with Crippen LogP contribution >= 0.6 is 0 Å². The molecule has 0 saturated carbocycles. The Kier molecular flexibility index (Phi) is 3.85. The van der Waals surface area contributed by atoms with Gasteiger partial charge in [-0.3, -0.25) is 9.36 Å². The highest BCUT2D eigenvalue weighted by atomic mass is 16.5. The van der Waals surface area contributed by atoms with E-state index in [0.29, 0.717) is 28.4 Å². The second-order valence-corrected chi connectivity index (χ2v) is 5.78. The highest BCUT2D eigenvalue weighted by Gasteiger charge is 2.12. The molecule has 0 aliphatic heterocycles. The van der Waals surface area contributed by atoms with Crippen molar-refractivity contribution in [1.29, 1.82) is 0 Å². The molecule has 2 N–H and O–H groups in total. The van der Waals surface area contributed by atoms with Crippen molar-refractivity contribution in [3.8, 4) is 11.4 Å². The number of H-pyrrole nitrogens is 1. The van der Waals surface area contributed by atoms with Crippen molar-refractivity contribution in [1.82, 2.24) is 25.0 Å². The summed E-state index contributed by atoms with van der Waals surface area (Å²) in [6.45, 7) is 0.130. The van der Waals surface area contributed by atoms with Gasteiger partial charge in [0.05, 0.1) is 17.6 Å². The van der Waals surface area contributed by atoms with Crippen LogP contribution in [0.5, 0.6) is 0 Å². The number of rotatable bonds is 4. The molecule has 0 spiro atoms. The number of aromatic nitrogens is 4. The first-order valence-electron chi connectivity index (χ1n) is 7.97. The van der Waals surface area contributed by atoms with Gasteiger partial charge in [-0.15, -0.1) is 0 Å². The summed E-state index contributed by atoms with van der Waals surface area (Å²) in [4.78, 5) is 30.8. The molecule has 4 aromatic rings. The average molecular weight is 349 g/mol. The number of fused-ring (bicyclic) bond motifs is 1. The molecule has 1 amide bonds. The molecule has 2 aromatic heterocycles. The summed E-state index contributed by atoms with van der Waals surface area (Å²) in [6.07, 6.45) is 0. The number of imidazole rings is 1. The van der Waals surface area contributed by atoms with Crippen molar-refractivity contribution in [2.75, 3.05) is 0 Å². The van der Waals surface area contributed by atoms with E-state index in [-0.39, 0.29) is 18.1 Å². The molecule has 26 heavy (non-hydrogen) atoms. The second kappa shape index (κ2) is 6.32. The summed E-state index contributed by atoms with van der Waals surface area (Å²) in [7, 11) is 1.70. The quantitative estimate of drug-likeness (QED) is 0.585. The average Bonchev–Trinajstić information content (AvgIpc) is 3.25. The van der Waals surface area contributed by atoms with Crippen LogP contribution in [0.15, 0.2) is 57.8 Å². The summed E-state index contributed by atoms with van der Waals surface area (Å²) in [6, 6.07) is 14.3. The predicted molar refractivity (Wildman–Crippen MR) is 94.4 cm³/mol.